The first-order valence-corrected chi connectivity index (χ1v) is 22.4. The summed E-state index contributed by atoms with van der Waals surface area (Å²) in [6.45, 7) is 27.2. The Bertz CT molecular complexity index is 1340. The summed E-state index contributed by atoms with van der Waals surface area (Å²) in [6, 6.07) is -2.27. The second-order valence-corrected chi connectivity index (χ2v) is 16.4. The fraction of sp³-hybridized carbons (Fsp3) is 0.745. The Morgan fingerprint density at radius 2 is 1.52 bits per heavy atom. The number of piperidine rings is 1. The third kappa shape index (κ3) is 24.0. The van der Waals surface area contributed by atoms with Gasteiger partial charge in [-0.1, -0.05) is 91.9 Å². The van der Waals surface area contributed by atoms with E-state index in [2.05, 4.69) is 72.8 Å². The van der Waals surface area contributed by atoms with Gasteiger partial charge in [0.2, 0.25) is 17.6 Å². The van der Waals surface area contributed by atoms with Crippen LogP contribution in [0.4, 0.5) is 9.59 Å². The van der Waals surface area contributed by atoms with Gasteiger partial charge >= 0.3 is 12.1 Å². The number of nitrogens with one attached hydrogen (secondary N) is 4. The number of Topliss-reactive ketones (excluding diaryl/α,β-unsaturated/α-hetero) is 1. The number of ether oxygens (including phenoxy) is 1. The monoisotopic (exact) mass is 845 g/mol. The number of hydrogen-bond donors (Lipinski definition) is 5. The van der Waals surface area contributed by atoms with E-state index in [9.17, 15) is 28.8 Å². The molecule has 1 heterocycles. The number of nitrogens with two attached hydrogens (primary N) is 1. The summed E-state index contributed by atoms with van der Waals surface area (Å²) in [6.07, 6.45) is 21.1. The number of unbranched alkanes of at least 4 members (excludes halogenated alkanes) is 1. The van der Waals surface area contributed by atoms with Crippen LogP contribution in [0.1, 0.15) is 154 Å². The van der Waals surface area contributed by atoms with Crippen LogP contribution < -0.4 is 27.0 Å². The van der Waals surface area contributed by atoms with Crippen LogP contribution in [-0.4, -0.2) is 83.9 Å². The van der Waals surface area contributed by atoms with Gasteiger partial charge in [0.1, 0.15) is 18.7 Å². The highest BCUT2D eigenvalue weighted by atomic mass is 16.5. The molecular formula is C47H84N6O7. The first-order chi connectivity index (χ1) is 28.4. The molecule has 6 amide bonds. The summed E-state index contributed by atoms with van der Waals surface area (Å²) < 4.78 is 5.37. The third-order valence-corrected chi connectivity index (χ3v) is 10.5. The summed E-state index contributed by atoms with van der Waals surface area (Å²) in [5.41, 5.74) is 4.45. The van der Waals surface area contributed by atoms with Crippen LogP contribution in [0.15, 0.2) is 24.8 Å². The molecule has 0 aromatic heterocycles. The molecule has 60 heavy (non-hydrogen) atoms. The summed E-state index contributed by atoms with van der Waals surface area (Å²) in [5, 5.41) is 11.9. The summed E-state index contributed by atoms with van der Waals surface area (Å²) >= 11 is 0. The van der Waals surface area contributed by atoms with E-state index in [-0.39, 0.29) is 48.3 Å². The van der Waals surface area contributed by atoms with E-state index in [4.69, 9.17) is 4.74 Å². The number of hydrogen-bond acceptors (Lipinski definition) is 7. The van der Waals surface area contributed by atoms with Crippen LogP contribution in [0.25, 0.3) is 0 Å². The number of fused-ring (bicyclic) bond motifs is 1. The van der Waals surface area contributed by atoms with Crippen molar-refractivity contribution in [1.82, 2.24) is 26.2 Å². The molecule has 5 unspecified atom stereocenters. The van der Waals surface area contributed by atoms with Gasteiger partial charge in [-0.3, -0.25) is 19.2 Å². The number of primary amides is 1. The van der Waals surface area contributed by atoms with Crippen molar-refractivity contribution in [3.8, 4) is 12.3 Å². The second-order valence-electron chi connectivity index (χ2n) is 16.4. The lowest BCUT2D eigenvalue weighted by Crippen LogP contribution is -2.60. The fourth-order valence-corrected chi connectivity index (χ4v) is 6.69. The second kappa shape index (κ2) is 33.4. The first-order valence-electron chi connectivity index (χ1n) is 22.4. The molecular weight excluding hydrogens is 761 g/mol. The Labute approximate surface area is 364 Å². The molecule has 2 aliphatic carbocycles. The molecule has 13 heteroatoms. The zero-order valence-corrected chi connectivity index (χ0v) is 39.4. The highest BCUT2D eigenvalue weighted by Gasteiger charge is 2.58. The van der Waals surface area contributed by atoms with Gasteiger partial charge in [0, 0.05) is 25.6 Å². The van der Waals surface area contributed by atoms with E-state index < -0.39 is 41.9 Å². The normalized spacial score (nSPS) is 19.1. The SMILES string of the molecule is C#CC.C=CCCC(CC/C=C\C)C(NC(=O)NC(COC(=O)NC(C)C)C(C)C)C(=O)N1C[C@@H]2C[C@@H]2C1C(=O)NC(C)CC1CCC1.CC.CC(=O)C(N)=O.CCCC. The van der Waals surface area contributed by atoms with Crippen LogP contribution in [0.3, 0.4) is 0 Å². The molecule has 0 aromatic rings. The van der Waals surface area contributed by atoms with Crippen molar-refractivity contribution in [2.45, 2.75) is 184 Å². The summed E-state index contributed by atoms with van der Waals surface area (Å²) in [7, 11) is 0. The van der Waals surface area contributed by atoms with Crippen molar-refractivity contribution in [3.05, 3.63) is 24.8 Å². The average Bonchev–Trinajstić information content (AvgIpc) is 3.84. The lowest BCUT2D eigenvalue weighted by molar-refractivity contribution is -0.142. The minimum Gasteiger partial charge on any atom is -0.447 e. The Morgan fingerprint density at radius 3 is 1.97 bits per heavy atom. The molecule has 0 radical (unpaired) electrons. The molecule has 0 spiro atoms. The van der Waals surface area contributed by atoms with Crippen molar-refractivity contribution >= 4 is 35.6 Å². The molecule has 0 aromatic carbocycles. The average molecular weight is 845 g/mol. The number of alkyl carbamates (subject to hydrolysis) is 1. The Kier molecular flexibility index (Phi) is 32.1. The summed E-state index contributed by atoms with van der Waals surface area (Å²) in [5.74, 6) is 1.50. The summed E-state index contributed by atoms with van der Waals surface area (Å²) in [4.78, 5) is 74.7. The molecule has 0 bridgehead atoms. The number of carbonyl (C=O) groups excluding carboxylic acids is 6. The van der Waals surface area contributed by atoms with Crippen molar-refractivity contribution in [2.75, 3.05) is 13.2 Å². The minimum absolute atomic E-state index is 0.000211. The third-order valence-electron chi connectivity index (χ3n) is 10.5. The Morgan fingerprint density at radius 1 is 0.950 bits per heavy atom. The first kappa shape index (κ1) is 57.8. The van der Waals surface area contributed by atoms with Crippen molar-refractivity contribution in [2.24, 2.45) is 35.3 Å². The minimum atomic E-state index is -0.880. The maximum absolute atomic E-state index is 14.4. The van der Waals surface area contributed by atoms with E-state index >= 15 is 0 Å². The number of urea groups is 1. The number of ketones is 1. The maximum Gasteiger partial charge on any atom is 0.407 e. The van der Waals surface area contributed by atoms with Gasteiger partial charge in [0.15, 0.2) is 0 Å². The van der Waals surface area contributed by atoms with Crippen molar-refractivity contribution in [1.29, 1.82) is 0 Å². The molecule has 2 saturated carbocycles. The molecule has 3 rings (SSSR count). The van der Waals surface area contributed by atoms with Crippen LogP contribution in [0.2, 0.25) is 0 Å². The molecule has 13 nitrogen and oxygen atoms in total. The molecule has 344 valence electrons. The number of nitrogens with zero attached hydrogens (tertiary/aromatic N) is 1. The van der Waals surface area contributed by atoms with Crippen LogP contribution in [0.5, 0.6) is 0 Å². The standard InChI is InChI=1S/C35H59N5O5.C4H10.C3H5NO2.C3H4.C2H6/c1-8-10-12-17-26(16-11-9-2)30(39-34(43)38-29(22(3)4)21-45-35(44)36-23(5)6)33(42)40-20-27-19-28(27)31(40)32(41)37-24(7)18-25-14-13-15-25;1-3-4-2;1-2(5)3(4)6;1-3-2;1-2/h8-10,22-31H,2,11-21H2,1,3-7H3,(H,36,44)(H,37,41)(H2,38,39,43);3-4H2,1-2H3;1H3,(H2,4,6);1H,2H3;1-2H3/b10-8-;;;;/t24?,26?,27-,28-,29?,30?,31?;;;;/m0..../s1. The topological polar surface area (TPSA) is 189 Å². The van der Waals surface area contributed by atoms with Gasteiger partial charge < -0.3 is 36.6 Å². The van der Waals surface area contributed by atoms with E-state index in [0.717, 1.165) is 26.2 Å². The number of rotatable bonds is 20. The maximum atomic E-state index is 14.4. The van der Waals surface area contributed by atoms with Gasteiger partial charge in [0.05, 0.1) is 6.04 Å². The number of allylic oxidation sites excluding steroid dienone is 3. The van der Waals surface area contributed by atoms with Crippen molar-refractivity contribution in [3.63, 3.8) is 0 Å². The molecule has 6 N–H and O–H groups in total. The van der Waals surface area contributed by atoms with Crippen LogP contribution in [0, 0.1) is 41.9 Å². The lowest BCUT2D eigenvalue weighted by Gasteiger charge is -2.35. The highest BCUT2D eigenvalue weighted by molar-refractivity contribution is 6.34. The van der Waals surface area contributed by atoms with Gasteiger partial charge in [0.25, 0.3) is 5.91 Å². The van der Waals surface area contributed by atoms with Gasteiger partial charge in [-0.05, 0) is 103 Å². The largest absolute Gasteiger partial charge is 0.447 e. The Balaban J connectivity index is 0. The lowest BCUT2D eigenvalue weighted by atomic mass is 9.81. The number of likely N-dealkylation sites (tertiary alicyclic amines) is 1. The Hall–Kier alpha value is -4.34. The molecule has 7 atom stereocenters. The predicted molar refractivity (Wildman–Crippen MR) is 244 cm³/mol. The number of terminal acetylenes is 1. The smallest absolute Gasteiger partial charge is 0.407 e. The van der Waals surface area contributed by atoms with Crippen molar-refractivity contribution < 1.29 is 33.5 Å². The van der Waals surface area contributed by atoms with E-state index in [1.807, 2.05) is 60.6 Å². The van der Waals surface area contributed by atoms with E-state index in [1.165, 1.54) is 32.1 Å². The molecule has 3 aliphatic rings. The van der Waals surface area contributed by atoms with E-state index in [0.29, 0.717) is 37.6 Å². The zero-order valence-electron chi connectivity index (χ0n) is 39.4. The zero-order chi connectivity index (χ0) is 46.4. The fourth-order valence-electron chi connectivity index (χ4n) is 6.69. The molecule has 1 aliphatic heterocycles. The number of carbonyl (C=O) groups is 6. The van der Waals surface area contributed by atoms with Crippen LogP contribution in [-0.2, 0) is 23.9 Å². The highest BCUT2D eigenvalue weighted by Crippen LogP contribution is 2.50. The van der Waals surface area contributed by atoms with Gasteiger partial charge in [-0.2, -0.15) is 0 Å². The molecule has 1 saturated heterocycles. The predicted octanol–water partition coefficient (Wildman–Crippen LogP) is 7.83. The van der Waals surface area contributed by atoms with E-state index in [1.54, 1.807) is 11.8 Å². The molecule has 3 fully saturated rings. The van der Waals surface area contributed by atoms with Gasteiger partial charge in [-0.25, -0.2) is 9.59 Å². The van der Waals surface area contributed by atoms with Crippen LogP contribution >= 0.6 is 0 Å². The quantitative estimate of drug-likeness (QED) is 0.0469. The van der Waals surface area contributed by atoms with Gasteiger partial charge in [-0.15, -0.1) is 18.9 Å². The number of amides is 6.